The molecule has 5 heteroatoms. The molecule has 1 rings (SSSR count). The van der Waals surface area contributed by atoms with Gasteiger partial charge in [0, 0.05) is 25.3 Å². The topological polar surface area (TPSA) is 61.8 Å². The first-order chi connectivity index (χ1) is 10.1. The number of anilines is 1. The van der Waals surface area contributed by atoms with Crippen LogP contribution in [0.2, 0.25) is 0 Å². The number of nitrogens with zero attached hydrogens (tertiary/aromatic N) is 1. The number of benzene rings is 1. The highest BCUT2D eigenvalue weighted by Gasteiger charge is 2.10. The highest BCUT2D eigenvalue weighted by molar-refractivity contribution is 5.70. The summed E-state index contributed by atoms with van der Waals surface area (Å²) in [7, 11) is 1.81. The minimum Gasteiger partial charge on any atom is -0.466 e. The molecule has 1 unspecified atom stereocenters. The van der Waals surface area contributed by atoms with Crippen LogP contribution in [0.25, 0.3) is 0 Å². The van der Waals surface area contributed by atoms with Crippen molar-refractivity contribution in [1.82, 2.24) is 5.32 Å². The molecule has 0 bridgehead atoms. The number of esters is 1. The molecule has 0 aliphatic rings. The minimum absolute atomic E-state index is 0.169. The molecule has 2 N–H and O–H groups in total. The molecule has 5 nitrogen and oxygen atoms in total. The lowest BCUT2D eigenvalue weighted by molar-refractivity contribution is -0.142. The summed E-state index contributed by atoms with van der Waals surface area (Å²) in [5.74, 6) is -0.169. The third-order valence-corrected chi connectivity index (χ3v) is 3.31. The maximum atomic E-state index is 11.4. The third-order valence-electron chi connectivity index (χ3n) is 3.31. The smallest absolute Gasteiger partial charge is 0.307 e. The molecule has 0 spiro atoms. The van der Waals surface area contributed by atoms with Crippen molar-refractivity contribution in [3.05, 3.63) is 29.8 Å². The Bertz CT molecular complexity index is 420. The molecule has 0 heterocycles. The number of likely N-dealkylation sites (N-methyl/N-ethyl adjacent to an activating group) is 1. The molecule has 1 aromatic rings. The van der Waals surface area contributed by atoms with Crippen LogP contribution in [-0.4, -0.2) is 44.4 Å². The fourth-order valence-corrected chi connectivity index (χ4v) is 2.15. The van der Waals surface area contributed by atoms with E-state index in [-0.39, 0.29) is 5.97 Å². The molecule has 118 valence electrons. The number of ether oxygens (including phenoxy) is 1. The van der Waals surface area contributed by atoms with E-state index >= 15 is 0 Å². The van der Waals surface area contributed by atoms with Crippen molar-refractivity contribution >= 4 is 11.7 Å². The first-order valence-corrected chi connectivity index (χ1v) is 7.45. The van der Waals surface area contributed by atoms with Gasteiger partial charge in [0.25, 0.3) is 0 Å². The molecule has 0 aliphatic heterocycles. The molecule has 0 amide bonds. The Morgan fingerprint density at radius 3 is 2.52 bits per heavy atom. The molecule has 0 saturated carbocycles. The summed E-state index contributed by atoms with van der Waals surface area (Å²) in [5, 5.41) is 12.9. The van der Waals surface area contributed by atoms with Gasteiger partial charge in [-0.1, -0.05) is 12.1 Å². The lowest BCUT2D eigenvalue weighted by Crippen LogP contribution is -2.26. The summed E-state index contributed by atoms with van der Waals surface area (Å²) in [6.45, 7) is 6.26. The van der Waals surface area contributed by atoms with Gasteiger partial charge in [-0.05, 0) is 38.6 Å². The molecule has 0 radical (unpaired) electrons. The van der Waals surface area contributed by atoms with Gasteiger partial charge in [0.15, 0.2) is 0 Å². The second-order valence-corrected chi connectivity index (χ2v) is 4.80. The fourth-order valence-electron chi connectivity index (χ4n) is 2.15. The average molecular weight is 294 g/mol. The lowest BCUT2D eigenvalue weighted by atomic mass is 10.1. The Balaban J connectivity index is 2.62. The van der Waals surface area contributed by atoms with Crippen LogP contribution >= 0.6 is 0 Å². The number of nitrogens with one attached hydrogen (secondary N) is 1. The van der Waals surface area contributed by atoms with Gasteiger partial charge >= 0.3 is 5.97 Å². The zero-order valence-corrected chi connectivity index (χ0v) is 13.1. The summed E-state index contributed by atoms with van der Waals surface area (Å²) in [6.07, 6.45) is -0.120. The van der Waals surface area contributed by atoms with Crippen LogP contribution in [0.1, 0.15) is 31.9 Å². The maximum absolute atomic E-state index is 11.4. The Labute approximate surface area is 126 Å². The van der Waals surface area contributed by atoms with Gasteiger partial charge in [-0.2, -0.15) is 0 Å². The van der Waals surface area contributed by atoms with Crippen LogP contribution in [0.5, 0.6) is 0 Å². The average Bonchev–Trinajstić information content (AvgIpc) is 2.49. The van der Waals surface area contributed by atoms with E-state index < -0.39 is 6.10 Å². The van der Waals surface area contributed by atoms with Gasteiger partial charge in [-0.15, -0.1) is 0 Å². The minimum atomic E-state index is -0.501. The monoisotopic (exact) mass is 294 g/mol. The second-order valence-electron chi connectivity index (χ2n) is 4.80. The number of aliphatic hydroxyl groups is 1. The molecule has 0 aromatic heterocycles. The van der Waals surface area contributed by atoms with Crippen molar-refractivity contribution in [2.24, 2.45) is 0 Å². The van der Waals surface area contributed by atoms with Gasteiger partial charge in [-0.3, -0.25) is 4.79 Å². The Hall–Kier alpha value is -1.59. The standard InChI is InChI=1S/C16H26N2O3/c1-4-18(11-10-16(20)21-5-2)14-8-6-13(7-9-14)15(19)12-17-3/h6-9,15,17,19H,4-5,10-12H2,1-3H3. The van der Waals surface area contributed by atoms with Crippen LogP contribution in [0.3, 0.4) is 0 Å². The van der Waals surface area contributed by atoms with E-state index in [0.717, 1.165) is 17.8 Å². The summed E-state index contributed by atoms with van der Waals surface area (Å²) in [4.78, 5) is 13.5. The number of hydrogen-bond acceptors (Lipinski definition) is 5. The predicted octanol–water partition coefficient (Wildman–Crippen LogP) is 1.72. The van der Waals surface area contributed by atoms with Crippen molar-refractivity contribution in [2.45, 2.75) is 26.4 Å². The molecule has 1 atom stereocenters. The zero-order valence-electron chi connectivity index (χ0n) is 13.1. The van der Waals surface area contributed by atoms with E-state index in [9.17, 15) is 9.90 Å². The number of rotatable bonds is 9. The molecular weight excluding hydrogens is 268 g/mol. The first-order valence-electron chi connectivity index (χ1n) is 7.45. The molecule has 21 heavy (non-hydrogen) atoms. The number of hydrogen-bond donors (Lipinski definition) is 2. The number of carbonyl (C=O) groups excluding carboxylic acids is 1. The SMILES string of the molecule is CCOC(=O)CCN(CC)c1ccc(C(O)CNC)cc1. The zero-order chi connectivity index (χ0) is 15.7. The maximum Gasteiger partial charge on any atom is 0.307 e. The van der Waals surface area contributed by atoms with Gasteiger partial charge in [0.05, 0.1) is 19.1 Å². The summed E-state index contributed by atoms with van der Waals surface area (Å²) >= 11 is 0. The van der Waals surface area contributed by atoms with Crippen molar-refractivity contribution < 1.29 is 14.6 Å². The Morgan fingerprint density at radius 2 is 2.00 bits per heavy atom. The van der Waals surface area contributed by atoms with Crippen LogP contribution < -0.4 is 10.2 Å². The Kier molecular flexibility index (Phi) is 7.79. The first kappa shape index (κ1) is 17.5. The van der Waals surface area contributed by atoms with Crippen molar-refractivity contribution in [1.29, 1.82) is 0 Å². The second kappa shape index (κ2) is 9.37. The van der Waals surface area contributed by atoms with Crippen molar-refractivity contribution in [3.8, 4) is 0 Å². The van der Waals surface area contributed by atoms with Crippen LogP contribution in [-0.2, 0) is 9.53 Å². The molecule has 0 fully saturated rings. The summed E-state index contributed by atoms with van der Waals surface area (Å²) in [5.41, 5.74) is 1.93. The van der Waals surface area contributed by atoms with E-state index in [2.05, 4.69) is 17.1 Å². The normalized spacial score (nSPS) is 12.0. The Morgan fingerprint density at radius 1 is 1.33 bits per heavy atom. The van der Waals surface area contributed by atoms with E-state index in [1.54, 1.807) is 0 Å². The van der Waals surface area contributed by atoms with E-state index in [1.807, 2.05) is 38.2 Å². The summed E-state index contributed by atoms with van der Waals surface area (Å²) in [6, 6.07) is 7.79. The quantitative estimate of drug-likeness (QED) is 0.679. The highest BCUT2D eigenvalue weighted by Crippen LogP contribution is 2.19. The molecule has 0 saturated heterocycles. The third kappa shape index (κ3) is 5.73. The highest BCUT2D eigenvalue weighted by atomic mass is 16.5. The lowest BCUT2D eigenvalue weighted by Gasteiger charge is -2.23. The molecule has 1 aromatic carbocycles. The number of aliphatic hydroxyl groups excluding tert-OH is 1. The van der Waals surface area contributed by atoms with Crippen LogP contribution in [0.4, 0.5) is 5.69 Å². The van der Waals surface area contributed by atoms with Crippen molar-refractivity contribution in [3.63, 3.8) is 0 Å². The molecule has 0 aliphatic carbocycles. The van der Waals surface area contributed by atoms with Gasteiger partial charge < -0.3 is 20.1 Å². The van der Waals surface area contributed by atoms with Gasteiger partial charge in [0.1, 0.15) is 0 Å². The van der Waals surface area contributed by atoms with Gasteiger partial charge in [-0.25, -0.2) is 0 Å². The van der Waals surface area contributed by atoms with E-state index in [1.165, 1.54) is 0 Å². The molecular formula is C16H26N2O3. The van der Waals surface area contributed by atoms with E-state index in [0.29, 0.717) is 26.1 Å². The van der Waals surface area contributed by atoms with Crippen LogP contribution in [0, 0.1) is 0 Å². The predicted molar refractivity (Wildman–Crippen MR) is 84.5 cm³/mol. The van der Waals surface area contributed by atoms with Crippen molar-refractivity contribution in [2.75, 3.05) is 38.2 Å². The van der Waals surface area contributed by atoms with Crippen LogP contribution in [0.15, 0.2) is 24.3 Å². The van der Waals surface area contributed by atoms with Gasteiger partial charge in [0.2, 0.25) is 0 Å². The largest absolute Gasteiger partial charge is 0.466 e. The number of carbonyl (C=O) groups is 1. The fraction of sp³-hybridized carbons (Fsp3) is 0.562. The van der Waals surface area contributed by atoms with E-state index in [4.69, 9.17) is 4.74 Å². The summed E-state index contributed by atoms with van der Waals surface area (Å²) < 4.78 is 4.94.